The van der Waals surface area contributed by atoms with E-state index in [4.69, 9.17) is 28.4 Å². The van der Waals surface area contributed by atoms with Crippen molar-refractivity contribution in [2.75, 3.05) is 14.2 Å². The predicted octanol–water partition coefficient (Wildman–Crippen LogP) is 17.4. The van der Waals surface area contributed by atoms with Crippen LogP contribution in [0.3, 0.4) is 0 Å². The van der Waals surface area contributed by atoms with E-state index in [1.165, 1.54) is 14.2 Å². The number of carbonyl (C=O) groups excluding carboxylic acids is 2. The molecular weight excluding hydrogens is 1000 g/mol. The lowest BCUT2D eigenvalue weighted by Crippen LogP contribution is -2.06. The van der Waals surface area contributed by atoms with Gasteiger partial charge in [0.25, 0.3) is 0 Å². The molecule has 10 aromatic rings. The highest BCUT2D eigenvalue weighted by atomic mass is 16.5. The van der Waals surface area contributed by atoms with Crippen LogP contribution in [0.2, 0.25) is 0 Å². The van der Waals surface area contributed by atoms with Gasteiger partial charge in [-0.3, -0.25) is 0 Å². The van der Waals surface area contributed by atoms with E-state index in [0.29, 0.717) is 83.3 Å². The molecule has 392 valence electrons. The molecule has 13 aliphatic heterocycles. The summed E-state index contributed by atoms with van der Waals surface area (Å²) in [7, 11) is 2.80. The molecule has 0 saturated heterocycles. The normalized spacial score (nSPS) is 12.3. The topological polar surface area (TPSA) is 139 Å². The number of esters is 2. The molecule has 12 heteroatoms. The number of hydrogen-bond acceptors (Lipinski definition) is 12. The molecule has 0 fully saturated rings. The van der Waals surface area contributed by atoms with Gasteiger partial charge in [-0.2, -0.15) is 20.5 Å². The number of hydrogen-bond donors (Lipinski definition) is 0. The van der Waals surface area contributed by atoms with Gasteiger partial charge in [0.15, 0.2) is 0 Å². The van der Waals surface area contributed by atoms with Gasteiger partial charge in [-0.25, -0.2) is 9.59 Å². The van der Waals surface area contributed by atoms with E-state index in [0.717, 1.165) is 66.8 Å². The van der Waals surface area contributed by atoms with Crippen LogP contribution >= 0.6 is 0 Å². The van der Waals surface area contributed by atoms with Gasteiger partial charge in [-0.1, -0.05) is 133 Å². The Balaban J connectivity index is 0.818. The molecular formula is C68H52N4O8. The Kier molecular flexibility index (Phi) is 15.7. The highest BCUT2D eigenvalue weighted by Gasteiger charge is 2.21. The zero-order chi connectivity index (χ0) is 54.6. The maximum absolute atomic E-state index is 13.4. The van der Waals surface area contributed by atoms with E-state index in [-0.39, 0.29) is 0 Å². The van der Waals surface area contributed by atoms with E-state index in [2.05, 4.69) is 20.5 Å². The quantitative estimate of drug-likeness (QED) is 0.156. The van der Waals surface area contributed by atoms with Crippen molar-refractivity contribution < 1.29 is 38.0 Å². The lowest BCUT2D eigenvalue weighted by Gasteiger charge is -2.15. The molecule has 0 N–H and O–H groups in total. The Morgan fingerprint density at radius 2 is 0.512 bits per heavy atom. The summed E-state index contributed by atoms with van der Waals surface area (Å²) >= 11 is 0. The third-order valence-electron chi connectivity index (χ3n) is 13.5. The van der Waals surface area contributed by atoms with Gasteiger partial charge in [0.1, 0.15) is 49.4 Å². The molecule has 0 atom stereocenters. The number of methoxy groups -OCH3 is 2. The second-order valence-electron chi connectivity index (χ2n) is 18.8. The molecule has 23 rings (SSSR count). The van der Waals surface area contributed by atoms with E-state index in [1.807, 2.05) is 231 Å². The molecule has 0 aliphatic carbocycles. The zero-order valence-corrected chi connectivity index (χ0v) is 43.8. The average Bonchev–Trinajstić information content (AvgIpc) is 3.53. The second-order valence-corrected chi connectivity index (χ2v) is 18.8. The molecule has 13 aliphatic rings. The highest BCUT2D eigenvalue weighted by molar-refractivity contribution is 6.05. The fraction of sp³-hybridized carbons (Fsp3) is 0.0882. The maximum atomic E-state index is 13.4. The molecule has 0 spiro atoms. The van der Waals surface area contributed by atoms with E-state index in [9.17, 15) is 9.59 Å². The standard InChI is InChI=1S/C68H52N4O8/c1-75-67(73)65-61-5-3-6-62(65)50-19-11-46(12-20-50)42-78-58-35-27-54(28-36-58)70-72-56-31-39-60(40-32-56)80-44-48-15-23-52(24-16-48)64-8-4-7-63(66(64)68(74)76-2)51-21-13-47(14-22-51)43-79-59-37-29-55(30-38-59)71-69-53-25-33-57(34-26-53)77-41-45-9-17-49(61)18-10-45/h3-40H,41-44H2,1-2H3. The number of benzene rings is 10. The van der Waals surface area contributed by atoms with E-state index < -0.39 is 11.9 Å². The summed E-state index contributed by atoms with van der Waals surface area (Å²) in [5, 5.41) is 17.7. The minimum atomic E-state index is -0.425. The van der Waals surface area contributed by atoms with Crippen molar-refractivity contribution in [3.63, 3.8) is 0 Å². The minimum Gasteiger partial charge on any atom is -0.489 e. The molecule has 13 heterocycles. The minimum absolute atomic E-state index is 0.340. The summed E-state index contributed by atoms with van der Waals surface area (Å²) in [4.78, 5) is 26.9. The van der Waals surface area contributed by atoms with Crippen molar-refractivity contribution in [1.29, 1.82) is 0 Å². The Morgan fingerprint density at radius 1 is 0.300 bits per heavy atom. The molecule has 0 amide bonds. The van der Waals surface area contributed by atoms with Crippen LogP contribution in [0.25, 0.3) is 44.5 Å². The summed E-state index contributed by atoms with van der Waals surface area (Å²) in [6.07, 6.45) is 0. The molecule has 0 saturated carbocycles. The van der Waals surface area contributed by atoms with Gasteiger partial charge in [0.05, 0.1) is 48.1 Å². The third-order valence-corrected chi connectivity index (χ3v) is 13.5. The summed E-state index contributed by atoms with van der Waals surface area (Å²) in [6, 6.07) is 73.2. The van der Waals surface area contributed by atoms with Gasteiger partial charge in [0.2, 0.25) is 0 Å². The highest BCUT2D eigenvalue weighted by Crippen LogP contribution is 2.36. The van der Waals surface area contributed by atoms with Crippen LogP contribution in [0.4, 0.5) is 22.7 Å². The predicted molar refractivity (Wildman–Crippen MR) is 309 cm³/mol. The number of nitrogens with zero attached hydrogens (tertiary/aromatic N) is 4. The Hall–Kier alpha value is -10.5. The molecule has 10 aromatic carbocycles. The van der Waals surface area contributed by atoms with Crippen molar-refractivity contribution in [2.24, 2.45) is 20.5 Å². The number of azo groups is 2. The number of rotatable bonds is 2. The average molecular weight is 1050 g/mol. The van der Waals surface area contributed by atoms with Crippen LogP contribution in [0.5, 0.6) is 23.0 Å². The van der Waals surface area contributed by atoms with E-state index >= 15 is 0 Å². The summed E-state index contributed by atoms with van der Waals surface area (Å²) in [6.45, 7) is 1.36. The van der Waals surface area contributed by atoms with Crippen LogP contribution < -0.4 is 18.9 Å². The fourth-order valence-corrected chi connectivity index (χ4v) is 9.17. The van der Waals surface area contributed by atoms with Crippen molar-refractivity contribution >= 4 is 34.7 Å². The molecule has 12 nitrogen and oxygen atoms in total. The van der Waals surface area contributed by atoms with Gasteiger partial charge >= 0.3 is 11.9 Å². The Bertz CT molecular complexity index is 3340. The monoisotopic (exact) mass is 1050 g/mol. The van der Waals surface area contributed by atoms with Crippen molar-refractivity contribution in [3.8, 4) is 67.5 Å². The molecule has 0 aromatic heterocycles. The first-order valence-corrected chi connectivity index (χ1v) is 25.9. The van der Waals surface area contributed by atoms with Gasteiger partial charge in [0, 0.05) is 0 Å². The van der Waals surface area contributed by atoms with Crippen LogP contribution in [-0.2, 0) is 35.9 Å². The first-order chi connectivity index (χ1) is 39.3. The lowest BCUT2D eigenvalue weighted by molar-refractivity contribution is 0.0593. The molecule has 20 bridgehead atoms. The van der Waals surface area contributed by atoms with Gasteiger partial charge < -0.3 is 28.4 Å². The first-order valence-electron chi connectivity index (χ1n) is 25.9. The van der Waals surface area contributed by atoms with Gasteiger partial charge in [-0.15, -0.1) is 0 Å². The van der Waals surface area contributed by atoms with E-state index in [1.54, 1.807) is 0 Å². The third kappa shape index (κ3) is 12.4. The largest absolute Gasteiger partial charge is 0.489 e. The molecule has 0 radical (unpaired) electrons. The van der Waals surface area contributed by atoms with Crippen LogP contribution in [0.15, 0.2) is 251 Å². The van der Waals surface area contributed by atoms with Crippen LogP contribution in [-0.4, -0.2) is 26.2 Å². The van der Waals surface area contributed by atoms with Gasteiger partial charge in [-0.05, 0) is 164 Å². The number of carbonyl (C=O) groups is 2. The Morgan fingerprint density at radius 3 is 0.713 bits per heavy atom. The van der Waals surface area contributed by atoms with Crippen molar-refractivity contribution in [1.82, 2.24) is 0 Å². The molecule has 80 heavy (non-hydrogen) atoms. The van der Waals surface area contributed by atoms with Crippen LogP contribution in [0, 0.1) is 0 Å². The Labute approximate surface area is 463 Å². The fourth-order valence-electron chi connectivity index (χ4n) is 9.17. The van der Waals surface area contributed by atoms with Crippen molar-refractivity contribution in [2.45, 2.75) is 26.4 Å². The summed E-state index contributed by atoms with van der Waals surface area (Å²) in [5.41, 5.74) is 14.0. The summed E-state index contributed by atoms with van der Waals surface area (Å²) in [5.74, 6) is 1.89. The number of ether oxygens (including phenoxy) is 6. The SMILES string of the molecule is COC(=O)c1c2cccc1-c1ccc(cc1)COc1ccc(cc1)N=Nc1ccc(cc1)OCc1ccc(cc1)-c1cccc(c1C(=O)OC)-c1ccc(cc1)COc1ccc(cc1)N=Nc1ccc(cc1)OCc1ccc-2cc1. The lowest BCUT2D eigenvalue weighted by atomic mass is 9.91. The maximum Gasteiger partial charge on any atom is 0.339 e. The summed E-state index contributed by atoms with van der Waals surface area (Å²) < 4.78 is 35.2. The first kappa shape index (κ1) is 51.6. The molecule has 0 unspecified atom stereocenters. The second kappa shape index (κ2) is 24.3. The smallest absolute Gasteiger partial charge is 0.339 e. The zero-order valence-electron chi connectivity index (χ0n) is 43.8. The van der Waals surface area contributed by atoms with Crippen molar-refractivity contribution in [3.05, 3.63) is 264 Å². The van der Waals surface area contributed by atoms with Crippen LogP contribution in [0.1, 0.15) is 43.0 Å².